The largest absolute Gasteiger partial charge is 0.386 e. The molecule has 1 fully saturated rings. The maximum Gasteiger partial charge on any atom is 0.263 e. The van der Waals surface area contributed by atoms with Crippen LogP contribution in [-0.2, 0) is 19.5 Å². The van der Waals surface area contributed by atoms with E-state index >= 15 is 0 Å². The second kappa shape index (κ2) is 6.91. The third-order valence-corrected chi connectivity index (χ3v) is 5.44. The van der Waals surface area contributed by atoms with Crippen molar-refractivity contribution in [2.45, 2.75) is 19.4 Å². The highest BCUT2D eigenvalue weighted by atomic mass is 32.2. The lowest BCUT2D eigenvalue weighted by Gasteiger charge is -2.22. The Morgan fingerprint density at radius 3 is 2.68 bits per heavy atom. The summed E-state index contributed by atoms with van der Waals surface area (Å²) in [7, 11) is -1.40. The van der Waals surface area contributed by atoms with Crippen LogP contribution in [0.3, 0.4) is 0 Å². The van der Waals surface area contributed by atoms with E-state index in [9.17, 15) is 13.2 Å². The van der Waals surface area contributed by atoms with Crippen molar-refractivity contribution in [1.29, 1.82) is 0 Å². The predicted molar refractivity (Wildman–Crippen MR) is 84.6 cm³/mol. The molecule has 0 saturated carbocycles. The normalized spacial score (nSPS) is 20.2. The van der Waals surface area contributed by atoms with Crippen LogP contribution in [0.1, 0.15) is 17.5 Å². The van der Waals surface area contributed by atoms with Gasteiger partial charge >= 0.3 is 0 Å². The average Bonchev–Trinajstić information content (AvgIpc) is 2.84. The summed E-state index contributed by atoms with van der Waals surface area (Å²) in [4.78, 5) is 18.4. The fourth-order valence-corrected chi connectivity index (χ4v) is 4.00. The number of hydrogen-bond donors (Lipinski definition) is 0. The molecule has 1 aromatic carbocycles. The zero-order valence-electron chi connectivity index (χ0n) is 12.7. The number of nitrogens with zero attached hydrogens (tertiary/aromatic N) is 2. The standard InChI is InChI=1S/C15H20N2O4S/c1-12-3-5-13(6-4-12)9-16-21-10-15(18)17(2)14-7-8-22(19,20)11-14/h3-6,9,14H,7-8,10-11H2,1-2H3/b16-9-/t14-/m1/s1. The van der Waals surface area contributed by atoms with Crippen LogP contribution in [0.2, 0.25) is 0 Å². The maximum atomic E-state index is 11.9. The molecule has 1 saturated heterocycles. The molecular weight excluding hydrogens is 304 g/mol. The van der Waals surface area contributed by atoms with Gasteiger partial charge in [-0.05, 0) is 18.9 Å². The van der Waals surface area contributed by atoms with Gasteiger partial charge in [0, 0.05) is 13.1 Å². The van der Waals surface area contributed by atoms with E-state index in [1.807, 2.05) is 31.2 Å². The number of likely N-dealkylation sites (N-methyl/N-ethyl adjacent to an activating group) is 1. The molecule has 22 heavy (non-hydrogen) atoms. The van der Waals surface area contributed by atoms with Crippen LogP contribution >= 0.6 is 0 Å². The predicted octanol–water partition coefficient (Wildman–Crippen LogP) is 0.991. The van der Waals surface area contributed by atoms with Crippen LogP contribution in [0.15, 0.2) is 29.4 Å². The highest BCUT2D eigenvalue weighted by Crippen LogP contribution is 2.16. The molecule has 0 aliphatic carbocycles. The Kier molecular flexibility index (Phi) is 5.18. The van der Waals surface area contributed by atoms with E-state index in [0.29, 0.717) is 6.42 Å². The van der Waals surface area contributed by atoms with E-state index < -0.39 is 9.84 Å². The fraction of sp³-hybridized carbons (Fsp3) is 0.467. The molecule has 0 spiro atoms. The molecule has 0 N–H and O–H groups in total. The van der Waals surface area contributed by atoms with Gasteiger partial charge in [0.05, 0.1) is 17.7 Å². The molecule has 6 nitrogen and oxygen atoms in total. The molecule has 1 amide bonds. The van der Waals surface area contributed by atoms with E-state index in [1.54, 1.807) is 7.05 Å². The highest BCUT2D eigenvalue weighted by Gasteiger charge is 2.32. The average molecular weight is 324 g/mol. The molecule has 2 rings (SSSR count). The van der Waals surface area contributed by atoms with Crippen molar-refractivity contribution in [3.8, 4) is 0 Å². The van der Waals surface area contributed by atoms with Gasteiger partial charge in [-0.2, -0.15) is 0 Å². The smallest absolute Gasteiger partial charge is 0.263 e. The van der Waals surface area contributed by atoms with Gasteiger partial charge in [0.1, 0.15) is 0 Å². The molecule has 0 unspecified atom stereocenters. The summed E-state index contributed by atoms with van der Waals surface area (Å²) < 4.78 is 22.8. The number of sulfone groups is 1. The third-order valence-electron chi connectivity index (χ3n) is 3.69. The SMILES string of the molecule is Cc1ccc(/C=N\OCC(=O)N(C)[C@@H]2CCS(=O)(=O)C2)cc1. The van der Waals surface area contributed by atoms with Crippen LogP contribution in [0.25, 0.3) is 0 Å². The van der Waals surface area contributed by atoms with Gasteiger partial charge in [0.15, 0.2) is 16.4 Å². The first-order valence-corrected chi connectivity index (χ1v) is 8.87. The molecule has 1 aliphatic rings. The van der Waals surface area contributed by atoms with Crippen molar-refractivity contribution >= 4 is 22.0 Å². The Morgan fingerprint density at radius 1 is 1.41 bits per heavy atom. The molecule has 1 aromatic rings. The van der Waals surface area contributed by atoms with Crippen LogP contribution in [0.5, 0.6) is 0 Å². The van der Waals surface area contributed by atoms with Crippen LogP contribution in [-0.4, -0.2) is 56.6 Å². The summed E-state index contributed by atoms with van der Waals surface area (Å²) in [5.41, 5.74) is 2.04. The minimum absolute atomic E-state index is 0.0296. The number of amides is 1. The van der Waals surface area contributed by atoms with E-state index in [-0.39, 0.29) is 30.1 Å². The monoisotopic (exact) mass is 324 g/mol. The van der Waals surface area contributed by atoms with Gasteiger partial charge in [0.25, 0.3) is 5.91 Å². The lowest BCUT2D eigenvalue weighted by molar-refractivity contribution is -0.136. The Labute approximate surface area is 130 Å². The maximum absolute atomic E-state index is 11.9. The van der Waals surface area contributed by atoms with Crippen molar-refractivity contribution in [2.24, 2.45) is 5.16 Å². The van der Waals surface area contributed by atoms with Crippen molar-refractivity contribution < 1.29 is 18.0 Å². The van der Waals surface area contributed by atoms with Gasteiger partial charge in [-0.25, -0.2) is 8.42 Å². The third kappa shape index (κ3) is 4.56. The van der Waals surface area contributed by atoms with Crippen molar-refractivity contribution in [1.82, 2.24) is 4.90 Å². The first-order chi connectivity index (χ1) is 10.4. The Hall–Kier alpha value is -1.89. The zero-order valence-corrected chi connectivity index (χ0v) is 13.5. The van der Waals surface area contributed by atoms with Gasteiger partial charge < -0.3 is 9.74 Å². The Morgan fingerprint density at radius 2 is 2.09 bits per heavy atom. The number of benzene rings is 1. The minimum Gasteiger partial charge on any atom is -0.386 e. The summed E-state index contributed by atoms with van der Waals surface area (Å²) in [6, 6.07) is 7.46. The number of rotatable bonds is 5. The topological polar surface area (TPSA) is 76.0 Å². The highest BCUT2D eigenvalue weighted by molar-refractivity contribution is 7.91. The second-order valence-electron chi connectivity index (χ2n) is 5.48. The quantitative estimate of drug-likeness (QED) is 0.598. The van der Waals surface area contributed by atoms with Crippen molar-refractivity contribution in [3.63, 3.8) is 0 Å². The molecule has 0 bridgehead atoms. The first kappa shape index (κ1) is 16.5. The minimum atomic E-state index is -3.00. The molecule has 0 aromatic heterocycles. The van der Waals surface area contributed by atoms with E-state index in [0.717, 1.165) is 11.1 Å². The summed E-state index contributed by atoms with van der Waals surface area (Å²) in [5, 5.41) is 3.76. The van der Waals surface area contributed by atoms with Crippen LogP contribution in [0, 0.1) is 6.92 Å². The van der Waals surface area contributed by atoms with Gasteiger partial charge in [-0.15, -0.1) is 0 Å². The Balaban J connectivity index is 1.79. The van der Waals surface area contributed by atoms with E-state index in [1.165, 1.54) is 11.1 Å². The zero-order chi connectivity index (χ0) is 16.2. The van der Waals surface area contributed by atoms with Gasteiger partial charge in [0.2, 0.25) is 0 Å². The first-order valence-electron chi connectivity index (χ1n) is 7.05. The van der Waals surface area contributed by atoms with Gasteiger partial charge in [-0.1, -0.05) is 35.0 Å². The summed E-state index contributed by atoms with van der Waals surface area (Å²) >= 11 is 0. The molecule has 1 atom stereocenters. The number of oxime groups is 1. The summed E-state index contributed by atoms with van der Waals surface area (Å²) in [5.74, 6) is -0.105. The number of carbonyl (C=O) groups excluding carboxylic acids is 1. The van der Waals surface area contributed by atoms with E-state index in [4.69, 9.17) is 4.84 Å². The lowest BCUT2D eigenvalue weighted by atomic mass is 10.2. The summed E-state index contributed by atoms with van der Waals surface area (Å²) in [6.45, 7) is 1.80. The van der Waals surface area contributed by atoms with Crippen LogP contribution in [0.4, 0.5) is 0 Å². The van der Waals surface area contributed by atoms with Gasteiger partial charge in [-0.3, -0.25) is 4.79 Å². The lowest BCUT2D eigenvalue weighted by Crippen LogP contribution is -2.39. The number of hydrogen-bond acceptors (Lipinski definition) is 5. The summed E-state index contributed by atoms with van der Waals surface area (Å²) in [6.07, 6.45) is 2.02. The number of carbonyl (C=O) groups is 1. The molecule has 120 valence electrons. The molecule has 0 radical (unpaired) electrons. The molecular formula is C15H20N2O4S. The van der Waals surface area contributed by atoms with Crippen LogP contribution < -0.4 is 0 Å². The van der Waals surface area contributed by atoms with Crippen molar-refractivity contribution in [2.75, 3.05) is 25.2 Å². The Bertz CT molecular complexity index is 653. The van der Waals surface area contributed by atoms with Crippen molar-refractivity contribution in [3.05, 3.63) is 35.4 Å². The second-order valence-corrected chi connectivity index (χ2v) is 7.71. The molecule has 1 heterocycles. The molecule has 1 aliphatic heterocycles. The number of aryl methyl sites for hydroxylation is 1. The van der Waals surface area contributed by atoms with E-state index in [2.05, 4.69) is 5.16 Å². The molecule has 7 heteroatoms. The fourth-order valence-electron chi connectivity index (χ4n) is 2.23.